The van der Waals surface area contributed by atoms with Gasteiger partial charge in [-0.15, -0.1) is 0 Å². The second-order valence-electron chi connectivity index (χ2n) is 5.48. The van der Waals surface area contributed by atoms with Gasteiger partial charge in [0, 0.05) is 17.4 Å². The molecular weight excluding hydrogens is 236 g/mol. The van der Waals surface area contributed by atoms with Gasteiger partial charge in [-0.1, -0.05) is 25.1 Å². The Hall–Kier alpha value is -1.96. The Balaban J connectivity index is 2.11. The predicted octanol–water partition coefficient (Wildman–Crippen LogP) is 5.05. The minimum Gasteiger partial charge on any atom is -0.461 e. The maximum absolute atomic E-state index is 6.02. The minimum absolute atomic E-state index is 0.522. The molecule has 1 aliphatic rings. The number of para-hydroxylation sites is 1. The van der Waals surface area contributed by atoms with Gasteiger partial charge in [-0.3, -0.25) is 0 Å². The largest absolute Gasteiger partial charge is 0.461 e. The molecule has 1 aromatic carbocycles. The van der Waals surface area contributed by atoms with Crippen LogP contribution >= 0.6 is 0 Å². The van der Waals surface area contributed by atoms with Crippen LogP contribution in [0.25, 0.3) is 22.3 Å². The van der Waals surface area contributed by atoms with E-state index in [0.717, 1.165) is 35.7 Å². The molecule has 0 N–H and O–H groups in total. The predicted molar refractivity (Wildman–Crippen MR) is 75.4 cm³/mol. The van der Waals surface area contributed by atoms with Crippen LogP contribution in [-0.2, 0) is 6.42 Å². The lowest BCUT2D eigenvalue weighted by Crippen LogP contribution is -1.91. The summed E-state index contributed by atoms with van der Waals surface area (Å²) in [6.45, 7) is 4.28. The Morgan fingerprint density at radius 1 is 1.16 bits per heavy atom. The maximum Gasteiger partial charge on any atom is 0.141 e. The maximum atomic E-state index is 6.02. The molecule has 0 amide bonds. The third kappa shape index (κ3) is 1.49. The highest BCUT2D eigenvalue weighted by Gasteiger charge is 2.27. The van der Waals surface area contributed by atoms with E-state index in [1.165, 1.54) is 16.5 Å². The summed E-state index contributed by atoms with van der Waals surface area (Å²) in [5.74, 6) is 3.59. The summed E-state index contributed by atoms with van der Waals surface area (Å²) in [5.41, 5.74) is 3.45. The van der Waals surface area contributed by atoms with Gasteiger partial charge in [0.05, 0.1) is 5.56 Å². The summed E-state index contributed by atoms with van der Waals surface area (Å²) in [7, 11) is 0. The molecule has 1 aliphatic carbocycles. The highest BCUT2D eigenvalue weighted by Crippen LogP contribution is 2.44. The van der Waals surface area contributed by atoms with Crippen molar-refractivity contribution in [2.24, 2.45) is 0 Å². The molecule has 2 heterocycles. The van der Waals surface area contributed by atoms with Gasteiger partial charge in [-0.25, -0.2) is 0 Å². The number of hydrogen-bond donors (Lipinski definition) is 0. The Morgan fingerprint density at radius 3 is 2.89 bits per heavy atom. The van der Waals surface area contributed by atoms with Crippen molar-refractivity contribution in [3.63, 3.8) is 0 Å². The zero-order chi connectivity index (χ0) is 13.0. The normalized spacial score (nSPS) is 18.1. The van der Waals surface area contributed by atoms with E-state index in [0.29, 0.717) is 5.92 Å². The van der Waals surface area contributed by atoms with Crippen LogP contribution in [0.3, 0.4) is 0 Å². The van der Waals surface area contributed by atoms with E-state index in [1.807, 2.05) is 19.1 Å². The molecule has 2 heteroatoms. The average molecular weight is 252 g/mol. The quantitative estimate of drug-likeness (QED) is 0.559. The van der Waals surface area contributed by atoms with E-state index in [2.05, 4.69) is 25.1 Å². The van der Waals surface area contributed by atoms with E-state index in [9.17, 15) is 0 Å². The molecule has 0 saturated heterocycles. The highest BCUT2D eigenvalue weighted by molar-refractivity contribution is 5.95. The zero-order valence-corrected chi connectivity index (χ0v) is 11.2. The van der Waals surface area contributed by atoms with E-state index >= 15 is 0 Å². The second-order valence-corrected chi connectivity index (χ2v) is 5.48. The molecule has 0 fully saturated rings. The standard InChI is InChI=1S/C17H16O2/c1-10-7-8-15-16(17-13(10)9-11(2)18-17)12-5-3-4-6-14(12)19-15/h3-6,9-10H,7-8H2,1-2H3. The number of aryl methyl sites for hydroxylation is 2. The van der Waals surface area contributed by atoms with E-state index in [1.54, 1.807) is 0 Å². The van der Waals surface area contributed by atoms with Crippen LogP contribution in [0.4, 0.5) is 0 Å². The van der Waals surface area contributed by atoms with Crippen LogP contribution in [0.2, 0.25) is 0 Å². The first-order valence-electron chi connectivity index (χ1n) is 6.85. The second kappa shape index (κ2) is 3.77. The molecule has 1 atom stereocenters. The third-order valence-electron chi connectivity index (χ3n) is 4.11. The molecule has 96 valence electrons. The number of fused-ring (bicyclic) bond motifs is 5. The zero-order valence-electron chi connectivity index (χ0n) is 11.2. The monoisotopic (exact) mass is 252 g/mol. The van der Waals surface area contributed by atoms with E-state index in [-0.39, 0.29) is 0 Å². The molecule has 0 aliphatic heterocycles. The topological polar surface area (TPSA) is 26.3 Å². The Kier molecular flexibility index (Phi) is 2.16. The smallest absolute Gasteiger partial charge is 0.141 e. The van der Waals surface area contributed by atoms with Gasteiger partial charge in [-0.2, -0.15) is 0 Å². The minimum atomic E-state index is 0.522. The van der Waals surface area contributed by atoms with Crippen molar-refractivity contribution in [3.05, 3.63) is 47.4 Å². The van der Waals surface area contributed by atoms with Crippen LogP contribution in [0.15, 0.2) is 39.2 Å². The first kappa shape index (κ1) is 10.9. The molecule has 2 nitrogen and oxygen atoms in total. The Labute approximate surface area is 112 Å². The fourth-order valence-electron chi connectivity index (χ4n) is 3.12. The first-order chi connectivity index (χ1) is 9.24. The summed E-state index contributed by atoms with van der Waals surface area (Å²) in [5, 5.41) is 1.17. The molecule has 1 unspecified atom stereocenters. The van der Waals surface area contributed by atoms with Gasteiger partial charge in [0.25, 0.3) is 0 Å². The molecule has 0 spiro atoms. The van der Waals surface area contributed by atoms with Gasteiger partial charge >= 0.3 is 0 Å². The fraction of sp³-hybridized carbons (Fsp3) is 0.294. The molecule has 2 aromatic heterocycles. The van der Waals surface area contributed by atoms with Crippen molar-refractivity contribution in [1.29, 1.82) is 0 Å². The van der Waals surface area contributed by atoms with Crippen LogP contribution in [0, 0.1) is 6.92 Å². The lowest BCUT2D eigenvalue weighted by atomic mass is 9.98. The van der Waals surface area contributed by atoms with Crippen LogP contribution < -0.4 is 0 Å². The molecule has 19 heavy (non-hydrogen) atoms. The highest BCUT2D eigenvalue weighted by atomic mass is 16.4. The van der Waals surface area contributed by atoms with Crippen LogP contribution in [0.5, 0.6) is 0 Å². The number of benzene rings is 1. The SMILES string of the molecule is Cc1cc2c(o1)-c1c(oc3ccccc13)CCC2C. The number of hydrogen-bond acceptors (Lipinski definition) is 2. The molecule has 0 radical (unpaired) electrons. The van der Waals surface area contributed by atoms with Crippen molar-refractivity contribution >= 4 is 11.0 Å². The summed E-state index contributed by atoms with van der Waals surface area (Å²) < 4.78 is 12.0. The molecule has 0 saturated carbocycles. The lowest BCUT2D eigenvalue weighted by molar-refractivity contribution is 0.526. The Bertz CT molecular complexity index is 761. The van der Waals surface area contributed by atoms with Crippen LogP contribution in [-0.4, -0.2) is 0 Å². The molecular formula is C17H16O2. The number of rotatable bonds is 0. The van der Waals surface area contributed by atoms with Crippen LogP contribution in [0.1, 0.15) is 36.3 Å². The van der Waals surface area contributed by atoms with Gasteiger partial charge in [-0.05, 0) is 31.4 Å². The first-order valence-corrected chi connectivity index (χ1v) is 6.85. The van der Waals surface area contributed by atoms with Gasteiger partial charge in [0.1, 0.15) is 22.9 Å². The lowest BCUT2D eigenvalue weighted by Gasteiger charge is -2.05. The number of furan rings is 2. The van der Waals surface area contributed by atoms with Gasteiger partial charge < -0.3 is 8.83 Å². The third-order valence-corrected chi connectivity index (χ3v) is 4.11. The van der Waals surface area contributed by atoms with Crippen molar-refractivity contribution < 1.29 is 8.83 Å². The summed E-state index contributed by atoms with van der Waals surface area (Å²) in [6, 6.07) is 10.4. The summed E-state index contributed by atoms with van der Waals surface area (Å²) in [4.78, 5) is 0. The molecule has 0 bridgehead atoms. The van der Waals surface area contributed by atoms with Crippen molar-refractivity contribution in [2.75, 3.05) is 0 Å². The summed E-state index contributed by atoms with van der Waals surface area (Å²) in [6.07, 6.45) is 2.09. The van der Waals surface area contributed by atoms with Crippen molar-refractivity contribution in [3.8, 4) is 11.3 Å². The molecule has 3 aromatic rings. The molecule has 4 rings (SSSR count). The van der Waals surface area contributed by atoms with E-state index < -0.39 is 0 Å². The van der Waals surface area contributed by atoms with E-state index in [4.69, 9.17) is 8.83 Å². The van der Waals surface area contributed by atoms with Crippen molar-refractivity contribution in [1.82, 2.24) is 0 Å². The van der Waals surface area contributed by atoms with Gasteiger partial charge in [0.15, 0.2) is 0 Å². The van der Waals surface area contributed by atoms with Gasteiger partial charge in [0.2, 0.25) is 0 Å². The fourth-order valence-corrected chi connectivity index (χ4v) is 3.12. The van der Waals surface area contributed by atoms with Crippen molar-refractivity contribution in [2.45, 2.75) is 32.6 Å². The summed E-state index contributed by atoms with van der Waals surface area (Å²) >= 11 is 0. The average Bonchev–Trinajstić information content (AvgIpc) is 2.92. The Morgan fingerprint density at radius 2 is 2.00 bits per heavy atom.